The first-order chi connectivity index (χ1) is 19.9. The van der Waals surface area contributed by atoms with Crippen LogP contribution in [0, 0.1) is 11.3 Å². The molecule has 2 saturated heterocycles. The lowest BCUT2D eigenvalue weighted by molar-refractivity contribution is 0.0247. The standard InChI is InChI=1S/C30H36FN7O3/c1-3-5-19-6-7-24(33)22(12-32)27(19)26-10-25-23(16-40-26)28(37(2)14-21-15-39-18-34-21)36-29(35-25)41-17-30-8-4-9-38(30)13-20(31)11-30/h6-7,15,18,20,26H,3-5,8-11,13-14,16-17,33H2,1-2H3/t20-,26+,30+/m1/s1. The third-order valence-electron chi connectivity index (χ3n) is 8.65. The van der Waals surface area contributed by atoms with Crippen molar-refractivity contribution in [3.8, 4) is 12.1 Å². The molecule has 0 saturated carbocycles. The van der Waals surface area contributed by atoms with Crippen LogP contribution in [-0.2, 0) is 30.7 Å². The van der Waals surface area contributed by atoms with E-state index < -0.39 is 6.17 Å². The predicted octanol–water partition coefficient (Wildman–Crippen LogP) is 4.28. The zero-order chi connectivity index (χ0) is 28.6. The van der Waals surface area contributed by atoms with Crippen LogP contribution in [0.5, 0.6) is 6.01 Å². The minimum atomic E-state index is -0.838. The molecular formula is C30H36FN7O3. The topological polar surface area (TPSA) is 127 Å². The Morgan fingerprint density at radius 2 is 2.22 bits per heavy atom. The molecule has 3 aromatic rings. The van der Waals surface area contributed by atoms with Crippen LogP contribution in [0.25, 0.3) is 0 Å². The van der Waals surface area contributed by atoms with Gasteiger partial charge in [-0.1, -0.05) is 19.4 Å². The van der Waals surface area contributed by atoms with E-state index in [1.54, 1.807) is 12.3 Å². The highest BCUT2D eigenvalue weighted by Gasteiger charge is 2.49. The van der Waals surface area contributed by atoms with Crippen LogP contribution < -0.4 is 15.4 Å². The summed E-state index contributed by atoms with van der Waals surface area (Å²) in [6.07, 6.45) is 6.38. The number of hydrogen-bond acceptors (Lipinski definition) is 10. The maximum atomic E-state index is 14.4. The van der Waals surface area contributed by atoms with Crippen molar-refractivity contribution >= 4 is 11.5 Å². The van der Waals surface area contributed by atoms with Gasteiger partial charge in [-0.2, -0.15) is 15.2 Å². The maximum absolute atomic E-state index is 14.4. The number of aromatic nitrogens is 3. The van der Waals surface area contributed by atoms with Crippen molar-refractivity contribution in [1.29, 1.82) is 5.26 Å². The van der Waals surface area contributed by atoms with Crippen molar-refractivity contribution in [2.75, 3.05) is 37.4 Å². The van der Waals surface area contributed by atoms with Gasteiger partial charge >= 0.3 is 6.01 Å². The van der Waals surface area contributed by atoms with Gasteiger partial charge in [0.2, 0.25) is 0 Å². The summed E-state index contributed by atoms with van der Waals surface area (Å²) in [7, 11) is 1.93. The summed E-state index contributed by atoms with van der Waals surface area (Å²) in [6, 6.07) is 6.35. The molecule has 2 aromatic heterocycles. The van der Waals surface area contributed by atoms with Gasteiger partial charge < -0.3 is 24.5 Å². The zero-order valence-electron chi connectivity index (χ0n) is 23.6. The average Bonchev–Trinajstić information content (AvgIpc) is 3.68. The Labute approximate surface area is 239 Å². The Kier molecular flexibility index (Phi) is 7.53. The molecule has 0 aliphatic carbocycles. The lowest BCUT2D eigenvalue weighted by Gasteiger charge is -2.32. The van der Waals surface area contributed by atoms with E-state index in [2.05, 4.69) is 22.9 Å². The maximum Gasteiger partial charge on any atom is 0.318 e. The second-order valence-corrected chi connectivity index (χ2v) is 11.4. The van der Waals surface area contributed by atoms with Crippen LogP contribution in [0.3, 0.4) is 0 Å². The molecule has 3 aliphatic heterocycles. The Hall–Kier alpha value is -3.75. The Morgan fingerprint density at radius 3 is 3.00 bits per heavy atom. The molecule has 11 heteroatoms. The number of oxazole rings is 1. The highest BCUT2D eigenvalue weighted by atomic mass is 19.1. The summed E-state index contributed by atoms with van der Waals surface area (Å²) in [5.74, 6) is 0.684. The number of fused-ring (bicyclic) bond motifs is 2. The SMILES string of the molecule is CCCc1ccc(N)c(C#N)c1[C@@H]1Cc2nc(OC[C@@]34CCCN3C[C@H](F)C4)nc(N(C)Cc3cocn3)c2CO1. The second-order valence-electron chi connectivity index (χ2n) is 11.4. The van der Waals surface area contributed by atoms with Gasteiger partial charge in [-0.05, 0) is 37.4 Å². The third-order valence-corrected chi connectivity index (χ3v) is 8.65. The van der Waals surface area contributed by atoms with E-state index in [0.717, 1.165) is 60.3 Å². The number of rotatable bonds is 9. The number of halogens is 1. The minimum absolute atomic E-state index is 0.261. The molecule has 1 aromatic carbocycles. The summed E-state index contributed by atoms with van der Waals surface area (Å²) in [5, 5.41) is 9.99. The van der Waals surface area contributed by atoms with Gasteiger partial charge in [0.25, 0.3) is 0 Å². The Bertz CT molecular complexity index is 1440. The van der Waals surface area contributed by atoms with Crippen LogP contribution >= 0.6 is 0 Å². The van der Waals surface area contributed by atoms with E-state index in [0.29, 0.717) is 49.6 Å². The number of alkyl halides is 1. The lowest BCUT2D eigenvalue weighted by atomic mass is 9.89. The number of ether oxygens (including phenoxy) is 2. The first kappa shape index (κ1) is 27.4. The summed E-state index contributed by atoms with van der Waals surface area (Å²) in [5.41, 5.74) is 11.1. The van der Waals surface area contributed by atoms with Crippen molar-refractivity contribution in [3.63, 3.8) is 0 Å². The van der Waals surface area contributed by atoms with E-state index in [4.69, 9.17) is 29.6 Å². The van der Waals surface area contributed by atoms with Crippen molar-refractivity contribution < 1.29 is 18.3 Å². The number of nitriles is 1. The molecule has 216 valence electrons. The van der Waals surface area contributed by atoms with Crippen LogP contribution in [-0.4, -0.2) is 58.3 Å². The number of anilines is 2. The molecule has 2 fully saturated rings. The molecule has 5 heterocycles. The van der Waals surface area contributed by atoms with Gasteiger partial charge in [0.15, 0.2) is 6.39 Å². The fraction of sp³-hybridized carbons (Fsp3) is 0.533. The van der Waals surface area contributed by atoms with Gasteiger partial charge in [-0.3, -0.25) is 4.90 Å². The quantitative estimate of drug-likeness (QED) is 0.378. The number of nitrogens with two attached hydrogens (primary N) is 1. The molecular weight excluding hydrogens is 525 g/mol. The number of nitrogen functional groups attached to an aromatic ring is 1. The monoisotopic (exact) mass is 561 g/mol. The number of nitrogens with zero attached hydrogens (tertiary/aromatic N) is 6. The lowest BCUT2D eigenvalue weighted by Crippen LogP contribution is -2.43. The van der Waals surface area contributed by atoms with Crippen molar-refractivity contribution in [3.05, 3.63) is 58.4 Å². The zero-order valence-corrected chi connectivity index (χ0v) is 23.6. The highest BCUT2D eigenvalue weighted by Crippen LogP contribution is 2.42. The number of aryl methyl sites for hydroxylation is 1. The average molecular weight is 562 g/mol. The summed E-state index contributed by atoms with van der Waals surface area (Å²) >= 11 is 0. The molecule has 0 radical (unpaired) electrons. The van der Waals surface area contributed by atoms with Crippen molar-refractivity contribution in [2.24, 2.45) is 0 Å². The van der Waals surface area contributed by atoms with Crippen LogP contribution in [0.15, 0.2) is 29.2 Å². The second kappa shape index (κ2) is 11.3. The molecule has 0 spiro atoms. The molecule has 2 N–H and O–H groups in total. The molecule has 3 aliphatic rings. The summed E-state index contributed by atoms with van der Waals surface area (Å²) in [4.78, 5) is 18.1. The smallest absolute Gasteiger partial charge is 0.318 e. The van der Waals surface area contributed by atoms with Crippen LogP contribution in [0.4, 0.5) is 15.9 Å². The Morgan fingerprint density at radius 1 is 1.34 bits per heavy atom. The van der Waals surface area contributed by atoms with Gasteiger partial charge in [0, 0.05) is 43.2 Å². The van der Waals surface area contributed by atoms with Gasteiger partial charge in [0.1, 0.15) is 30.9 Å². The van der Waals surface area contributed by atoms with Crippen molar-refractivity contribution in [1.82, 2.24) is 19.9 Å². The molecule has 6 rings (SSSR count). The highest BCUT2D eigenvalue weighted by molar-refractivity contribution is 5.61. The van der Waals surface area contributed by atoms with Gasteiger partial charge in [-0.25, -0.2) is 9.37 Å². The van der Waals surface area contributed by atoms with E-state index in [9.17, 15) is 9.65 Å². The molecule has 0 bridgehead atoms. The molecule has 41 heavy (non-hydrogen) atoms. The van der Waals surface area contributed by atoms with E-state index in [1.807, 2.05) is 18.0 Å². The summed E-state index contributed by atoms with van der Waals surface area (Å²) < 4.78 is 32.3. The Balaban J connectivity index is 1.34. The first-order valence-electron chi connectivity index (χ1n) is 14.3. The van der Waals surface area contributed by atoms with Crippen LogP contribution in [0.1, 0.15) is 72.4 Å². The molecule has 0 amide bonds. The van der Waals surface area contributed by atoms with Gasteiger partial charge in [-0.15, -0.1) is 0 Å². The number of benzene rings is 1. The number of hydrogen-bond donors (Lipinski definition) is 1. The predicted molar refractivity (Wildman–Crippen MR) is 150 cm³/mol. The fourth-order valence-electron chi connectivity index (χ4n) is 6.74. The third kappa shape index (κ3) is 5.22. The first-order valence-corrected chi connectivity index (χ1v) is 14.3. The molecule has 10 nitrogen and oxygen atoms in total. The molecule has 3 atom stereocenters. The van der Waals surface area contributed by atoms with Gasteiger partial charge in [0.05, 0.1) is 41.7 Å². The molecule has 0 unspecified atom stereocenters. The van der Waals surface area contributed by atoms with E-state index >= 15 is 0 Å². The van der Waals surface area contributed by atoms with Crippen molar-refractivity contribution in [2.45, 2.75) is 76.4 Å². The fourth-order valence-corrected chi connectivity index (χ4v) is 6.74. The summed E-state index contributed by atoms with van der Waals surface area (Å²) in [6.45, 7) is 4.54. The van der Waals surface area contributed by atoms with E-state index in [1.165, 1.54) is 6.39 Å². The minimum Gasteiger partial charge on any atom is -0.461 e. The largest absolute Gasteiger partial charge is 0.461 e. The normalized spacial score (nSPS) is 23.7. The van der Waals surface area contributed by atoms with Crippen LogP contribution in [0.2, 0.25) is 0 Å². The van der Waals surface area contributed by atoms with E-state index in [-0.39, 0.29) is 24.3 Å².